The van der Waals surface area contributed by atoms with E-state index in [4.69, 9.17) is 17.0 Å². The lowest BCUT2D eigenvalue weighted by atomic mass is 10.1. The quantitative estimate of drug-likeness (QED) is 0.838. The van der Waals surface area contributed by atoms with Gasteiger partial charge in [0.2, 0.25) is 0 Å². The Balaban J connectivity index is 2.20. The first-order valence-corrected chi connectivity index (χ1v) is 5.99. The van der Waals surface area contributed by atoms with Gasteiger partial charge in [0.15, 0.2) is 4.77 Å². The Morgan fingerprint density at radius 2 is 2.00 bits per heavy atom. The fraction of sp³-hybridized carbons (Fsp3) is 0.231. The number of nitrogens with one attached hydrogen (secondary N) is 1. The third kappa shape index (κ3) is 3.14. The Hall–Kier alpha value is -1.68. The first-order valence-electron chi connectivity index (χ1n) is 5.58. The largest absolute Gasteiger partial charge is 0.494 e. The smallest absolute Gasteiger partial charge is 0.197 e. The van der Waals surface area contributed by atoms with Crippen LogP contribution in [0.15, 0.2) is 36.5 Å². The molecule has 0 amide bonds. The standard InChI is InChI=1S/C13H14N2OS/c1-2-9-16-11-5-3-10(4-6-11)12-7-8-14-13(17)15-12/h3-8H,2,9H2,1H3,(H,14,15,17). The molecule has 0 aliphatic heterocycles. The number of benzene rings is 1. The molecular formula is C13H14N2OS. The summed E-state index contributed by atoms with van der Waals surface area (Å²) in [6.45, 7) is 2.84. The van der Waals surface area contributed by atoms with Gasteiger partial charge in [-0.05, 0) is 54.5 Å². The average Bonchev–Trinajstić information content (AvgIpc) is 2.37. The van der Waals surface area contributed by atoms with Crippen molar-refractivity contribution >= 4 is 12.2 Å². The molecule has 0 radical (unpaired) electrons. The van der Waals surface area contributed by atoms with Gasteiger partial charge in [0, 0.05) is 11.9 Å². The van der Waals surface area contributed by atoms with Crippen LogP contribution < -0.4 is 4.74 Å². The maximum atomic E-state index is 5.53. The van der Waals surface area contributed by atoms with Gasteiger partial charge in [-0.25, -0.2) is 4.98 Å². The number of hydrogen-bond donors (Lipinski definition) is 1. The van der Waals surface area contributed by atoms with Crippen LogP contribution in [0.25, 0.3) is 11.3 Å². The second-order valence-corrected chi connectivity index (χ2v) is 4.05. The van der Waals surface area contributed by atoms with Gasteiger partial charge in [0.25, 0.3) is 0 Å². The number of hydrogen-bond acceptors (Lipinski definition) is 3. The van der Waals surface area contributed by atoms with Crippen LogP contribution in [0.1, 0.15) is 13.3 Å². The molecule has 0 saturated heterocycles. The minimum absolute atomic E-state index is 0.494. The molecule has 0 aliphatic rings. The molecule has 1 aromatic carbocycles. The highest BCUT2D eigenvalue weighted by Gasteiger charge is 1.98. The molecule has 0 atom stereocenters. The molecule has 0 aliphatic carbocycles. The van der Waals surface area contributed by atoms with E-state index in [1.165, 1.54) is 0 Å². The van der Waals surface area contributed by atoms with Gasteiger partial charge in [-0.3, -0.25) is 0 Å². The molecule has 1 aromatic heterocycles. The molecular weight excluding hydrogens is 232 g/mol. The number of ether oxygens (including phenoxy) is 1. The van der Waals surface area contributed by atoms with E-state index in [-0.39, 0.29) is 0 Å². The van der Waals surface area contributed by atoms with Gasteiger partial charge >= 0.3 is 0 Å². The van der Waals surface area contributed by atoms with Gasteiger partial charge < -0.3 is 9.72 Å². The highest BCUT2D eigenvalue weighted by atomic mass is 32.1. The highest BCUT2D eigenvalue weighted by Crippen LogP contribution is 2.20. The van der Waals surface area contributed by atoms with E-state index in [2.05, 4.69) is 16.9 Å². The maximum Gasteiger partial charge on any atom is 0.197 e. The van der Waals surface area contributed by atoms with Crippen molar-refractivity contribution in [3.05, 3.63) is 41.3 Å². The van der Waals surface area contributed by atoms with Crippen LogP contribution in [0, 0.1) is 4.77 Å². The molecule has 0 saturated carbocycles. The van der Waals surface area contributed by atoms with Gasteiger partial charge in [-0.15, -0.1) is 0 Å². The summed E-state index contributed by atoms with van der Waals surface area (Å²) >= 11 is 4.99. The van der Waals surface area contributed by atoms with Crippen molar-refractivity contribution in [3.63, 3.8) is 0 Å². The zero-order chi connectivity index (χ0) is 12.1. The van der Waals surface area contributed by atoms with Crippen molar-refractivity contribution in [2.24, 2.45) is 0 Å². The van der Waals surface area contributed by atoms with Gasteiger partial charge in [0.1, 0.15) is 5.75 Å². The first-order chi connectivity index (χ1) is 8.29. The van der Waals surface area contributed by atoms with Crippen LogP contribution in [0.5, 0.6) is 5.75 Å². The topological polar surface area (TPSA) is 37.9 Å². The van der Waals surface area contributed by atoms with Gasteiger partial charge in [-0.2, -0.15) is 0 Å². The minimum atomic E-state index is 0.494. The van der Waals surface area contributed by atoms with Crippen LogP contribution in [0.4, 0.5) is 0 Å². The van der Waals surface area contributed by atoms with E-state index in [0.717, 1.165) is 30.0 Å². The summed E-state index contributed by atoms with van der Waals surface area (Å²) in [7, 11) is 0. The Labute approximate surface area is 105 Å². The molecule has 17 heavy (non-hydrogen) atoms. The Bertz CT molecular complexity index is 534. The summed E-state index contributed by atoms with van der Waals surface area (Å²) in [5.41, 5.74) is 2.04. The summed E-state index contributed by atoms with van der Waals surface area (Å²) < 4.78 is 6.02. The molecule has 0 unspecified atom stereocenters. The summed E-state index contributed by atoms with van der Waals surface area (Å²) in [5, 5.41) is 0. The zero-order valence-electron chi connectivity index (χ0n) is 9.64. The Morgan fingerprint density at radius 3 is 2.65 bits per heavy atom. The summed E-state index contributed by atoms with van der Waals surface area (Å²) in [4.78, 5) is 7.01. The molecule has 4 heteroatoms. The molecule has 1 heterocycles. The van der Waals surface area contributed by atoms with E-state index < -0.39 is 0 Å². The number of H-pyrrole nitrogens is 1. The number of aromatic nitrogens is 2. The molecule has 2 aromatic rings. The molecule has 0 fully saturated rings. The highest BCUT2D eigenvalue weighted by molar-refractivity contribution is 7.71. The first kappa shape index (κ1) is 11.8. The summed E-state index contributed by atoms with van der Waals surface area (Å²) in [5.74, 6) is 0.892. The Kier molecular flexibility index (Phi) is 3.88. The van der Waals surface area contributed by atoms with Crippen LogP contribution in [-0.4, -0.2) is 16.6 Å². The molecule has 2 rings (SSSR count). The normalized spacial score (nSPS) is 10.2. The predicted molar refractivity (Wildman–Crippen MR) is 70.6 cm³/mol. The number of nitrogens with zero attached hydrogens (tertiary/aromatic N) is 1. The summed E-state index contributed by atoms with van der Waals surface area (Å²) in [6.07, 6.45) is 2.72. The third-order valence-corrected chi connectivity index (χ3v) is 2.52. The lowest BCUT2D eigenvalue weighted by molar-refractivity contribution is 0.317. The lowest BCUT2D eigenvalue weighted by Gasteiger charge is -2.06. The monoisotopic (exact) mass is 246 g/mol. The van der Waals surface area contributed by atoms with E-state index in [9.17, 15) is 0 Å². The lowest BCUT2D eigenvalue weighted by Crippen LogP contribution is -1.94. The van der Waals surface area contributed by atoms with Crippen molar-refractivity contribution < 1.29 is 4.74 Å². The van der Waals surface area contributed by atoms with E-state index in [0.29, 0.717) is 4.77 Å². The molecule has 1 N–H and O–H groups in total. The van der Waals surface area contributed by atoms with E-state index in [1.54, 1.807) is 6.20 Å². The second kappa shape index (κ2) is 5.59. The van der Waals surface area contributed by atoms with E-state index in [1.807, 2.05) is 30.3 Å². The van der Waals surface area contributed by atoms with Crippen molar-refractivity contribution in [2.45, 2.75) is 13.3 Å². The maximum absolute atomic E-state index is 5.53. The van der Waals surface area contributed by atoms with Crippen LogP contribution >= 0.6 is 12.2 Å². The van der Waals surface area contributed by atoms with Crippen LogP contribution in [0.2, 0.25) is 0 Å². The zero-order valence-corrected chi connectivity index (χ0v) is 10.5. The van der Waals surface area contributed by atoms with Crippen molar-refractivity contribution in [1.82, 2.24) is 9.97 Å². The fourth-order valence-electron chi connectivity index (χ4n) is 1.49. The van der Waals surface area contributed by atoms with Crippen molar-refractivity contribution in [1.29, 1.82) is 0 Å². The van der Waals surface area contributed by atoms with Crippen LogP contribution in [0.3, 0.4) is 0 Å². The van der Waals surface area contributed by atoms with Crippen molar-refractivity contribution in [2.75, 3.05) is 6.61 Å². The third-order valence-electron chi connectivity index (χ3n) is 2.31. The minimum Gasteiger partial charge on any atom is -0.494 e. The second-order valence-electron chi connectivity index (χ2n) is 3.66. The number of aromatic amines is 1. The Morgan fingerprint density at radius 1 is 1.24 bits per heavy atom. The molecule has 0 spiro atoms. The molecule has 3 nitrogen and oxygen atoms in total. The van der Waals surface area contributed by atoms with Gasteiger partial charge in [-0.1, -0.05) is 6.92 Å². The van der Waals surface area contributed by atoms with Crippen LogP contribution in [-0.2, 0) is 0 Å². The average molecular weight is 246 g/mol. The van der Waals surface area contributed by atoms with Crippen molar-refractivity contribution in [3.8, 4) is 17.0 Å². The van der Waals surface area contributed by atoms with Gasteiger partial charge in [0.05, 0.1) is 6.61 Å². The predicted octanol–water partition coefficient (Wildman–Crippen LogP) is 3.59. The SMILES string of the molecule is CCCOc1ccc(-c2ccnc(=S)[nH]2)cc1. The number of rotatable bonds is 4. The van der Waals surface area contributed by atoms with E-state index >= 15 is 0 Å². The summed E-state index contributed by atoms with van der Waals surface area (Å²) in [6, 6.07) is 9.83. The molecule has 0 bridgehead atoms. The fourth-order valence-corrected chi connectivity index (χ4v) is 1.66. The molecule has 88 valence electrons.